The van der Waals surface area contributed by atoms with Gasteiger partial charge in [0.25, 0.3) is 5.91 Å². The van der Waals surface area contributed by atoms with Gasteiger partial charge in [-0.05, 0) is 37.6 Å². The number of rotatable bonds is 3. The number of carbonyl (C=O) groups excluding carboxylic acids is 2. The van der Waals surface area contributed by atoms with Crippen LogP contribution in [0, 0.1) is 12.8 Å². The fraction of sp³-hybridized carbons (Fsp3) is 0.250. The lowest BCUT2D eigenvalue weighted by molar-refractivity contribution is -0.121. The molecular formula is C20H19N3O3. The minimum Gasteiger partial charge on any atom is -0.460 e. The van der Waals surface area contributed by atoms with E-state index >= 15 is 0 Å². The molecule has 3 aromatic rings. The van der Waals surface area contributed by atoms with Crippen LogP contribution in [0.3, 0.4) is 0 Å². The molecule has 0 aliphatic carbocycles. The molecule has 0 radical (unpaired) electrons. The van der Waals surface area contributed by atoms with Gasteiger partial charge in [-0.15, -0.1) is 0 Å². The smallest absolute Gasteiger partial charge is 0.254 e. The Hall–Kier alpha value is -3.15. The molecule has 2 amide bonds. The molecule has 0 spiro atoms. The first-order chi connectivity index (χ1) is 12.5. The van der Waals surface area contributed by atoms with E-state index in [4.69, 9.17) is 10.2 Å². The number of nitrogens with two attached hydrogens (primary N) is 1. The van der Waals surface area contributed by atoms with E-state index in [1.165, 1.54) is 0 Å². The molecule has 6 heteroatoms. The van der Waals surface area contributed by atoms with E-state index in [-0.39, 0.29) is 17.7 Å². The maximum Gasteiger partial charge on any atom is 0.254 e. The van der Waals surface area contributed by atoms with Crippen LogP contribution in [0.1, 0.15) is 22.5 Å². The fourth-order valence-electron chi connectivity index (χ4n) is 3.40. The first-order valence-corrected chi connectivity index (χ1v) is 8.58. The molecule has 132 valence electrons. The predicted molar refractivity (Wildman–Crippen MR) is 97.4 cm³/mol. The topological polar surface area (TPSA) is 89.4 Å². The van der Waals surface area contributed by atoms with E-state index in [9.17, 15) is 9.59 Å². The Bertz CT molecular complexity index is 1010. The van der Waals surface area contributed by atoms with Crippen LogP contribution < -0.4 is 5.73 Å². The summed E-state index contributed by atoms with van der Waals surface area (Å²) < 4.78 is 5.68. The van der Waals surface area contributed by atoms with Crippen molar-refractivity contribution in [2.45, 2.75) is 13.3 Å². The van der Waals surface area contributed by atoms with Crippen molar-refractivity contribution in [1.82, 2.24) is 9.88 Å². The standard InChI is InChI=1S/C20H19N3O3/c1-12-6-7-18(26-12)17-10-15(14-4-2-3-5-16(14)22-17)20(25)23-9-8-13(11-23)19(21)24/h2-7,10,13H,8-9,11H2,1H3,(H2,21,24)/t13-/m1/s1. The number of pyridine rings is 1. The summed E-state index contributed by atoms with van der Waals surface area (Å²) >= 11 is 0. The van der Waals surface area contributed by atoms with Crippen LogP contribution in [-0.4, -0.2) is 34.8 Å². The van der Waals surface area contributed by atoms with Crippen LogP contribution in [0.15, 0.2) is 46.9 Å². The second-order valence-electron chi connectivity index (χ2n) is 6.62. The van der Waals surface area contributed by atoms with E-state index in [0.29, 0.717) is 36.5 Å². The number of hydrogen-bond donors (Lipinski definition) is 1. The minimum atomic E-state index is -0.355. The Morgan fingerprint density at radius 1 is 1.23 bits per heavy atom. The van der Waals surface area contributed by atoms with E-state index in [1.54, 1.807) is 11.0 Å². The van der Waals surface area contributed by atoms with E-state index in [0.717, 1.165) is 16.7 Å². The van der Waals surface area contributed by atoms with Crippen molar-refractivity contribution in [1.29, 1.82) is 0 Å². The molecule has 1 saturated heterocycles. The summed E-state index contributed by atoms with van der Waals surface area (Å²) in [5.41, 5.74) is 7.30. The highest BCUT2D eigenvalue weighted by molar-refractivity contribution is 6.07. The van der Waals surface area contributed by atoms with Crippen molar-refractivity contribution in [3.05, 3.63) is 53.8 Å². The van der Waals surface area contributed by atoms with Gasteiger partial charge < -0.3 is 15.1 Å². The molecular weight excluding hydrogens is 330 g/mol. The molecule has 1 aliphatic rings. The molecule has 26 heavy (non-hydrogen) atoms. The largest absolute Gasteiger partial charge is 0.460 e. The summed E-state index contributed by atoms with van der Waals surface area (Å²) in [7, 11) is 0. The molecule has 0 bridgehead atoms. The zero-order valence-corrected chi connectivity index (χ0v) is 14.4. The molecule has 1 atom stereocenters. The van der Waals surface area contributed by atoms with Crippen molar-refractivity contribution < 1.29 is 14.0 Å². The first kappa shape index (κ1) is 16.3. The van der Waals surface area contributed by atoms with Crippen molar-refractivity contribution in [3.63, 3.8) is 0 Å². The average Bonchev–Trinajstić information content (AvgIpc) is 3.29. The number of aromatic nitrogens is 1. The lowest BCUT2D eigenvalue weighted by Crippen LogP contribution is -2.31. The first-order valence-electron chi connectivity index (χ1n) is 8.58. The molecule has 3 heterocycles. The summed E-state index contributed by atoms with van der Waals surface area (Å²) in [4.78, 5) is 30.9. The normalized spacial score (nSPS) is 17.0. The van der Waals surface area contributed by atoms with E-state index < -0.39 is 0 Å². The number of carbonyl (C=O) groups is 2. The van der Waals surface area contributed by atoms with Gasteiger partial charge in [-0.25, -0.2) is 4.98 Å². The van der Waals surface area contributed by atoms with Gasteiger partial charge in [0.2, 0.25) is 5.91 Å². The Morgan fingerprint density at radius 3 is 2.73 bits per heavy atom. The van der Waals surface area contributed by atoms with Gasteiger partial charge in [-0.1, -0.05) is 18.2 Å². The molecule has 1 aliphatic heterocycles. The second-order valence-corrected chi connectivity index (χ2v) is 6.62. The summed E-state index contributed by atoms with van der Waals surface area (Å²) in [6.07, 6.45) is 0.605. The SMILES string of the molecule is Cc1ccc(-c2cc(C(=O)N3CC[C@@H](C(N)=O)C3)c3ccccc3n2)o1. The van der Waals surface area contributed by atoms with Gasteiger partial charge in [0, 0.05) is 18.5 Å². The minimum absolute atomic E-state index is 0.114. The molecule has 2 aromatic heterocycles. The van der Waals surface area contributed by atoms with Crippen LogP contribution in [0.2, 0.25) is 0 Å². The third kappa shape index (κ3) is 2.83. The lowest BCUT2D eigenvalue weighted by atomic mass is 10.1. The Labute approximate surface area is 150 Å². The summed E-state index contributed by atoms with van der Waals surface area (Å²) in [5.74, 6) is 0.660. The van der Waals surface area contributed by atoms with Gasteiger partial charge in [-0.2, -0.15) is 0 Å². The van der Waals surface area contributed by atoms with E-state index in [2.05, 4.69) is 4.98 Å². The second kappa shape index (κ2) is 6.29. The molecule has 2 N–H and O–H groups in total. The zero-order valence-electron chi connectivity index (χ0n) is 14.4. The average molecular weight is 349 g/mol. The Kier molecular flexibility index (Phi) is 3.95. The van der Waals surface area contributed by atoms with Gasteiger partial charge in [0.15, 0.2) is 5.76 Å². The lowest BCUT2D eigenvalue weighted by Gasteiger charge is -2.17. The Balaban J connectivity index is 1.78. The zero-order chi connectivity index (χ0) is 18.3. The van der Waals surface area contributed by atoms with E-state index in [1.807, 2.05) is 43.3 Å². The quantitative estimate of drug-likeness (QED) is 0.787. The highest BCUT2D eigenvalue weighted by atomic mass is 16.3. The molecule has 0 saturated carbocycles. The van der Waals surface area contributed by atoms with Crippen LogP contribution >= 0.6 is 0 Å². The van der Waals surface area contributed by atoms with Gasteiger partial charge in [0.1, 0.15) is 11.5 Å². The monoisotopic (exact) mass is 349 g/mol. The molecule has 4 rings (SSSR count). The van der Waals surface area contributed by atoms with Crippen LogP contribution in [0.25, 0.3) is 22.4 Å². The number of benzene rings is 1. The number of furan rings is 1. The molecule has 1 aromatic carbocycles. The van der Waals surface area contributed by atoms with Gasteiger partial charge in [0.05, 0.1) is 17.0 Å². The molecule has 0 unspecified atom stereocenters. The van der Waals surface area contributed by atoms with Crippen molar-refractivity contribution in [2.75, 3.05) is 13.1 Å². The maximum absolute atomic E-state index is 13.1. The highest BCUT2D eigenvalue weighted by Gasteiger charge is 2.31. The summed E-state index contributed by atoms with van der Waals surface area (Å²) in [6, 6.07) is 13.0. The Morgan fingerprint density at radius 2 is 2.04 bits per heavy atom. The van der Waals surface area contributed by atoms with Crippen molar-refractivity contribution >= 4 is 22.7 Å². The summed E-state index contributed by atoms with van der Waals surface area (Å²) in [6.45, 7) is 2.75. The van der Waals surface area contributed by atoms with Gasteiger partial charge >= 0.3 is 0 Å². The van der Waals surface area contributed by atoms with Crippen LogP contribution in [0.4, 0.5) is 0 Å². The number of hydrogen-bond acceptors (Lipinski definition) is 4. The third-order valence-corrected chi connectivity index (χ3v) is 4.82. The highest BCUT2D eigenvalue weighted by Crippen LogP contribution is 2.28. The fourth-order valence-corrected chi connectivity index (χ4v) is 3.40. The summed E-state index contributed by atoms with van der Waals surface area (Å²) in [5, 5.41) is 0.784. The van der Waals surface area contributed by atoms with Gasteiger partial charge in [-0.3, -0.25) is 9.59 Å². The number of para-hydroxylation sites is 1. The number of likely N-dealkylation sites (tertiary alicyclic amines) is 1. The van der Waals surface area contributed by atoms with Crippen molar-refractivity contribution in [2.24, 2.45) is 11.7 Å². The number of aryl methyl sites for hydroxylation is 1. The number of fused-ring (bicyclic) bond motifs is 1. The predicted octanol–water partition coefficient (Wildman–Crippen LogP) is 2.75. The van der Waals surface area contributed by atoms with Crippen molar-refractivity contribution in [3.8, 4) is 11.5 Å². The number of primary amides is 1. The molecule has 1 fully saturated rings. The third-order valence-electron chi connectivity index (χ3n) is 4.82. The number of nitrogens with zero attached hydrogens (tertiary/aromatic N) is 2. The van der Waals surface area contributed by atoms with Crippen LogP contribution in [-0.2, 0) is 4.79 Å². The maximum atomic E-state index is 13.1. The number of amides is 2. The molecule has 6 nitrogen and oxygen atoms in total. The van der Waals surface area contributed by atoms with Crippen LogP contribution in [0.5, 0.6) is 0 Å².